The number of amides is 1. The van der Waals surface area contributed by atoms with Gasteiger partial charge in [-0.1, -0.05) is 43.2 Å². The molecule has 1 amide bonds. The number of rotatable bonds is 6. The highest BCUT2D eigenvalue weighted by molar-refractivity contribution is 5.86. The first-order valence-electron chi connectivity index (χ1n) is 9.22. The van der Waals surface area contributed by atoms with Crippen LogP contribution in [-0.2, 0) is 11.3 Å². The number of halogens is 3. The number of nitrogens with zero attached hydrogens (tertiary/aromatic N) is 2. The summed E-state index contributed by atoms with van der Waals surface area (Å²) < 4.78 is 0. The van der Waals surface area contributed by atoms with Gasteiger partial charge in [0.1, 0.15) is 0 Å². The topological polar surface area (TPSA) is 61.6 Å². The molecule has 0 unspecified atom stereocenters. The number of nitrogens with one attached hydrogen (secondary N) is 1. The molecule has 156 valence electrons. The molecule has 0 spiro atoms. The van der Waals surface area contributed by atoms with Crippen LogP contribution in [0.2, 0.25) is 0 Å². The Bertz CT molecular complexity index is 533. The third-order valence-electron chi connectivity index (χ3n) is 5.38. The zero-order valence-corrected chi connectivity index (χ0v) is 18.2. The van der Waals surface area contributed by atoms with Crippen molar-refractivity contribution in [2.24, 2.45) is 5.73 Å². The van der Waals surface area contributed by atoms with Crippen molar-refractivity contribution in [2.45, 2.75) is 37.8 Å². The zero-order valence-electron chi connectivity index (χ0n) is 15.8. The SMILES string of the molecule is Cl.Cl.Cl.NC1(C(=O)NCCN2CCN(Cc3ccccc3)CC2)CCCC1. The second-order valence-electron chi connectivity index (χ2n) is 7.22. The maximum Gasteiger partial charge on any atom is 0.240 e. The molecule has 27 heavy (non-hydrogen) atoms. The highest BCUT2D eigenvalue weighted by Crippen LogP contribution is 2.27. The van der Waals surface area contributed by atoms with Crippen LogP contribution in [0.15, 0.2) is 30.3 Å². The van der Waals surface area contributed by atoms with Crippen molar-refractivity contribution in [3.05, 3.63) is 35.9 Å². The van der Waals surface area contributed by atoms with Crippen LogP contribution in [0.5, 0.6) is 0 Å². The predicted octanol–water partition coefficient (Wildman–Crippen LogP) is 2.46. The van der Waals surface area contributed by atoms with E-state index in [2.05, 4.69) is 45.4 Å². The Hall–Kier alpha value is -0.560. The lowest BCUT2D eigenvalue weighted by molar-refractivity contribution is -0.126. The van der Waals surface area contributed by atoms with Gasteiger partial charge in [0.25, 0.3) is 0 Å². The first-order chi connectivity index (χ1) is 11.7. The minimum atomic E-state index is -0.603. The summed E-state index contributed by atoms with van der Waals surface area (Å²) in [6.45, 7) is 6.96. The van der Waals surface area contributed by atoms with Gasteiger partial charge in [0.2, 0.25) is 5.91 Å². The molecule has 8 heteroatoms. The lowest BCUT2D eigenvalue weighted by atomic mass is 9.98. The van der Waals surface area contributed by atoms with Gasteiger partial charge in [0, 0.05) is 45.8 Å². The highest BCUT2D eigenvalue weighted by atomic mass is 35.5. The number of carbonyl (C=O) groups is 1. The van der Waals surface area contributed by atoms with Crippen molar-refractivity contribution >= 4 is 43.1 Å². The lowest BCUT2D eigenvalue weighted by Gasteiger charge is -2.35. The predicted molar refractivity (Wildman–Crippen MR) is 118 cm³/mol. The molecule has 0 bridgehead atoms. The van der Waals surface area contributed by atoms with E-state index in [4.69, 9.17) is 5.73 Å². The number of piperazine rings is 1. The molecular formula is C19H33Cl3N4O. The van der Waals surface area contributed by atoms with Crippen LogP contribution in [0.3, 0.4) is 0 Å². The van der Waals surface area contributed by atoms with Crippen molar-refractivity contribution in [3.8, 4) is 0 Å². The normalized spacial score (nSPS) is 19.3. The van der Waals surface area contributed by atoms with Gasteiger partial charge in [-0.15, -0.1) is 37.2 Å². The van der Waals surface area contributed by atoms with E-state index < -0.39 is 5.54 Å². The molecule has 1 heterocycles. The van der Waals surface area contributed by atoms with Gasteiger partial charge in [0.15, 0.2) is 0 Å². The smallest absolute Gasteiger partial charge is 0.240 e. The van der Waals surface area contributed by atoms with E-state index in [1.165, 1.54) is 5.56 Å². The summed E-state index contributed by atoms with van der Waals surface area (Å²) in [5, 5.41) is 3.04. The first kappa shape index (κ1) is 26.4. The van der Waals surface area contributed by atoms with E-state index in [0.717, 1.165) is 65.0 Å². The molecule has 3 rings (SSSR count). The lowest BCUT2D eigenvalue weighted by Crippen LogP contribution is -2.54. The van der Waals surface area contributed by atoms with Gasteiger partial charge in [-0.3, -0.25) is 14.6 Å². The molecule has 0 aromatic heterocycles. The van der Waals surface area contributed by atoms with Gasteiger partial charge < -0.3 is 11.1 Å². The van der Waals surface area contributed by atoms with Crippen molar-refractivity contribution < 1.29 is 4.79 Å². The number of hydrogen-bond acceptors (Lipinski definition) is 4. The molecule has 1 aromatic rings. The summed E-state index contributed by atoms with van der Waals surface area (Å²) >= 11 is 0. The van der Waals surface area contributed by atoms with Crippen molar-refractivity contribution in [1.29, 1.82) is 0 Å². The molecule has 3 N–H and O–H groups in total. The number of nitrogens with two attached hydrogens (primary N) is 1. The van der Waals surface area contributed by atoms with Gasteiger partial charge in [-0.25, -0.2) is 0 Å². The molecule has 5 nitrogen and oxygen atoms in total. The molecule has 1 saturated heterocycles. The van der Waals surface area contributed by atoms with Gasteiger partial charge in [-0.2, -0.15) is 0 Å². The second-order valence-corrected chi connectivity index (χ2v) is 7.22. The molecule has 1 saturated carbocycles. The van der Waals surface area contributed by atoms with Crippen LogP contribution >= 0.6 is 37.2 Å². The quantitative estimate of drug-likeness (QED) is 0.715. The highest BCUT2D eigenvalue weighted by Gasteiger charge is 2.36. The Morgan fingerprint density at radius 2 is 1.52 bits per heavy atom. The fourth-order valence-electron chi connectivity index (χ4n) is 3.75. The third kappa shape index (κ3) is 7.76. The molecule has 2 aliphatic rings. The Balaban J connectivity index is 0.00000225. The van der Waals surface area contributed by atoms with Crippen LogP contribution in [0, 0.1) is 0 Å². The standard InChI is InChI=1S/C19H30N4O.3ClH/c20-19(8-4-5-9-19)18(24)21-10-11-22-12-14-23(15-13-22)16-17-6-2-1-3-7-17;;;/h1-3,6-7H,4-5,8-16,20H2,(H,21,24);3*1H. The number of carbonyl (C=O) groups excluding carboxylic acids is 1. The Labute approximate surface area is 181 Å². The average Bonchev–Trinajstić information content (AvgIpc) is 3.05. The molecule has 2 fully saturated rings. The summed E-state index contributed by atoms with van der Waals surface area (Å²) in [5.74, 6) is 0.0442. The maximum absolute atomic E-state index is 12.2. The number of benzene rings is 1. The maximum atomic E-state index is 12.2. The molecule has 0 atom stereocenters. The van der Waals surface area contributed by atoms with E-state index >= 15 is 0 Å². The van der Waals surface area contributed by atoms with E-state index in [9.17, 15) is 4.79 Å². The van der Waals surface area contributed by atoms with Crippen LogP contribution in [0.25, 0.3) is 0 Å². The fourth-order valence-corrected chi connectivity index (χ4v) is 3.75. The Morgan fingerprint density at radius 3 is 2.11 bits per heavy atom. The molecule has 1 aromatic carbocycles. The van der Waals surface area contributed by atoms with Crippen molar-refractivity contribution in [1.82, 2.24) is 15.1 Å². The van der Waals surface area contributed by atoms with Crippen LogP contribution in [0.1, 0.15) is 31.2 Å². The van der Waals surface area contributed by atoms with Crippen LogP contribution in [0.4, 0.5) is 0 Å². The third-order valence-corrected chi connectivity index (χ3v) is 5.38. The fraction of sp³-hybridized carbons (Fsp3) is 0.632. The van der Waals surface area contributed by atoms with Crippen molar-refractivity contribution in [3.63, 3.8) is 0 Å². The van der Waals surface area contributed by atoms with E-state index in [1.807, 2.05) is 0 Å². The summed E-state index contributed by atoms with van der Waals surface area (Å²) in [4.78, 5) is 17.1. The Kier molecular flexibility index (Phi) is 12.5. The summed E-state index contributed by atoms with van der Waals surface area (Å²) in [6.07, 6.45) is 3.81. The first-order valence-corrected chi connectivity index (χ1v) is 9.22. The Morgan fingerprint density at radius 1 is 0.963 bits per heavy atom. The molecule has 1 aliphatic heterocycles. The second kappa shape index (κ2) is 12.8. The minimum absolute atomic E-state index is 0. The largest absolute Gasteiger partial charge is 0.353 e. The number of hydrogen-bond donors (Lipinski definition) is 2. The van der Waals surface area contributed by atoms with E-state index in [0.29, 0.717) is 6.54 Å². The van der Waals surface area contributed by atoms with Crippen LogP contribution in [-0.4, -0.2) is 60.5 Å². The van der Waals surface area contributed by atoms with Crippen molar-refractivity contribution in [2.75, 3.05) is 39.3 Å². The summed E-state index contributed by atoms with van der Waals surface area (Å²) in [7, 11) is 0. The molecular weight excluding hydrogens is 407 g/mol. The van der Waals surface area contributed by atoms with Crippen LogP contribution < -0.4 is 11.1 Å². The van der Waals surface area contributed by atoms with Gasteiger partial charge >= 0.3 is 0 Å². The minimum Gasteiger partial charge on any atom is -0.353 e. The van der Waals surface area contributed by atoms with E-state index in [1.54, 1.807) is 0 Å². The van der Waals surface area contributed by atoms with Gasteiger partial charge in [0.05, 0.1) is 5.54 Å². The zero-order chi connectivity index (χ0) is 16.8. The van der Waals surface area contributed by atoms with Gasteiger partial charge in [-0.05, 0) is 18.4 Å². The molecule has 1 aliphatic carbocycles. The monoisotopic (exact) mass is 438 g/mol. The summed E-state index contributed by atoms with van der Waals surface area (Å²) in [6, 6.07) is 10.6. The molecule has 0 radical (unpaired) electrons. The average molecular weight is 440 g/mol. The summed E-state index contributed by atoms with van der Waals surface area (Å²) in [5.41, 5.74) is 6.96. The van der Waals surface area contributed by atoms with E-state index in [-0.39, 0.29) is 43.1 Å².